The Morgan fingerprint density at radius 3 is 2.28 bits per heavy atom. The summed E-state index contributed by atoms with van der Waals surface area (Å²) in [6.07, 6.45) is 0.397. The number of hydrogen-bond donors (Lipinski definition) is 1. The van der Waals surface area contributed by atoms with E-state index < -0.39 is 11.9 Å². The van der Waals surface area contributed by atoms with Crippen molar-refractivity contribution < 1.29 is 24.1 Å². The van der Waals surface area contributed by atoms with Gasteiger partial charge in [-0.05, 0) is 41.8 Å². The van der Waals surface area contributed by atoms with E-state index in [1.165, 1.54) is 0 Å². The first-order valence-electron chi connectivity index (χ1n) is 9.42. The molecule has 5 nitrogen and oxygen atoms in total. The van der Waals surface area contributed by atoms with Crippen LogP contribution in [0.2, 0.25) is 0 Å². The number of methoxy groups -OCH3 is 1. The molecule has 3 aromatic rings. The number of benzene rings is 3. The minimum absolute atomic E-state index is 0.364. The van der Waals surface area contributed by atoms with Gasteiger partial charge in [-0.1, -0.05) is 54.6 Å². The predicted octanol–water partition coefficient (Wildman–Crippen LogP) is 4.56. The number of ether oxygens (including phenoxy) is 3. The molecule has 0 bridgehead atoms. The zero-order valence-electron chi connectivity index (χ0n) is 16.3. The summed E-state index contributed by atoms with van der Waals surface area (Å²) in [5.41, 5.74) is 1.70. The Labute approximate surface area is 170 Å². The SMILES string of the molecule is COc1ccccc1OCCOc1cccc(CC(C(=O)O)c2ccccc2)c1. The molecule has 0 saturated heterocycles. The van der Waals surface area contributed by atoms with Gasteiger partial charge in [0.25, 0.3) is 0 Å². The summed E-state index contributed by atoms with van der Waals surface area (Å²) in [6.45, 7) is 0.731. The van der Waals surface area contributed by atoms with E-state index in [2.05, 4.69) is 0 Å². The van der Waals surface area contributed by atoms with Gasteiger partial charge >= 0.3 is 5.97 Å². The van der Waals surface area contributed by atoms with E-state index in [1.54, 1.807) is 7.11 Å². The van der Waals surface area contributed by atoms with Gasteiger partial charge in [0.15, 0.2) is 11.5 Å². The van der Waals surface area contributed by atoms with Crippen molar-refractivity contribution in [2.75, 3.05) is 20.3 Å². The van der Waals surface area contributed by atoms with Crippen LogP contribution < -0.4 is 14.2 Å². The van der Waals surface area contributed by atoms with E-state index in [-0.39, 0.29) is 0 Å². The van der Waals surface area contributed by atoms with Crippen LogP contribution >= 0.6 is 0 Å². The highest BCUT2D eigenvalue weighted by molar-refractivity contribution is 5.76. The third-order valence-corrected chi connectivity index (χ3v) is 4.52. The smallest absolute Gasteiger partial charge is 0.311 e. The van der Waals surface area contributed by atoms with Crippen molar-refractivity contribution in [2.45, 2.75) is 12.3 Å². The molecule has 0 heterocycles. The van der Waals surface area contributed by atoms with E-state index in [0.29, 0.717) is 36.9 Å². The Morgan fingerprint density at radius 2 is 1.55 bits per heavy atom. The molecule has 0 aliphatic carbocycles. The lowest BCUT2D eigenvalue weighted by Gasteiger charge is -2.14. The van der Waals surface area contributed by atoms with E-state index in [0.717, 1.165) is 11.1 Å². The van der Waals surface area contributed by atoms with E-state index in [4.69, 9.17) is 14.2 Å². The number of carbonyl (C=O) groups is 1. The summed E-state index contributed by atoms with van der Waals surface area (Å²) < 4.78 is 16.7. The standard InChI is InChI=1S/C24H24O5/c1-27-22-12-5-6-13-23(22)29-15-14-28-20-11-7-8-18(16-20)17-21(24(25)26)19-9-3-2-4-10-19/h2-13,16,21H,14-15,17H2,1H3,(H,25,26). The molecule has 0 saturated carbocycles. The Kier molecular flexibility index (Phi) is 7.11. The number of rotatable bonds is 10. The molecular formula is C24H24O5. The fourth-order valence-corrected chi connectivity index (χ4v) is 3.08. The number of carboxylic acids is 1. The van der Waals surface area contributed by atoms with Gasteiger partial charge in [-0.25, -0.2) is 0 Å². The van der Waals surface area contributed by atoms with Crippen LogP contribution in [-0.4, -0.2) is 31.4 Å². The molecule has 0 aliphatic rings. The number of para-hydroxylation sites is 2. The summed E-state index contributed by atoms with van der Waals surface area (Å²) in [5, 5.41) is 9.62. The highest BCUT2D eigenvalue weighted by atomic mass is 16.5. The molecule has 1 N–H and O–H groups in total. The average molecular weight is 392 g/mol. The van der Waals surface area contributed by atoms with Crippen molar-refractivity contribution in [2.24, 2.45) is 0 Å². The molecular weight excluding hydrogens is 368 g/mol. The van der Waals surface area contributed by atoms with E-state index in [9.17, 15) is 9.90 Å². The van der Waals surface area contributed by atoms with E-state index >= 15 is 0 Å². The maximum Gasteiger partial charge on any atom is 0.311 e. The first-order chi connectivity index (χ1) is 14.2. The van der Waals surface area contributed by atoms with Crippen molar-refractivity contribution in [1.29, 1.82) is 0 Å². The van der Waals surface area contributed by atoms with E-state index in [1.807, 2.05) is 78.9 Å². The number of aliphatic carboxylic acids is 1. The van der Waals surface area contributed by atoms with Crippen molar-refractivity contribution in [3.8, 4) is 17.2 Å². The fraction of sp³-hybridized carbons (Fsp3) is 0.208. The zero-order chi connectivity index (χ0) is 20.5. The van der Waals surface area contributed by atoms with Crippen LogP contribution in [0.5, 0.6) is 17.2 Å². The van der Waals surface area contributed by atoms with Crippen molar-refractivity contribution in [3.63, 3.8) is 0 Å². The molecule has 3 rings (SSSR count). The largest absolute Gasteiger partial charge is 0.493 e. The average Bonchev–Trinajstić information content (AvgIpc) is 2.76. The summed E-state index contributed by atoms with van der Waals surface area (Å²) >= 11 is 0. The van der Waals surface area contributed by atoms with Gasteiger partial charge < -0.3 is 19.3 Å². The summed E-state index contributed by atoms with van der Waals surface area (Å²) in [7, 11) is 1.60. The molecule has 150 valence electrons. The van der Waals surface area contributed by atoms with Gasteiger partial charge in [0, 0.05) is 0 Å². The van der Waals surface area contributed by atoms with Crippen LogP contribution in [0.15, 0.2) is 78.9 Å². The predicted molar refractivity (Wildman–Crippen MR) is 111 cm³/mol. The highest BCUT2D eigenvalue weighted by Crippen LogP contribution is 2.26. The second-order valence-electron chi connectivity index (χ2n) is 6.50. The minimum atomic E-state index is -0.840. The van der Waals surface area contributed by atoms with Gasteiger partial charge in [0.1, 0.15) is 19.0 Å². The summed E-state index contributed by atoms with van der Waals surface area (Å²) in [4.78, 5) is 11.7. The lowest BCUT2D eigenvalue weighted by atomic mass is 9.92. The molecule has 29 heavy (non-hydrogen) atoms. The molecule has 0 radical (unpaired) electrons. The molecule has 0 aromatic heterocycles. The van der Waals surface area contributed by atoms with Gasteiger partial charge in [-0.3, -0.25) is 4.79 Å². The Morgan fingerprint density at radius 1 is 0.862 bits per heavy atom. The van der Waals surface area contributed by atoms with Crippen molar-refractivity contribution in [1.82, 2.24) is 0 Å². The van der Waals surface area contributed by atoms with Crippen LogP contribution in [0.1, 0.15) is 17.0 Å². The molecule has 5 heteroatoms. The fourth-order valence-electron chi connectivity index (χ4n) is 3.08. The second kappa shape index (κ2) is 10.2. The highest BCUT2D eigenvalue weighted by Gasteiger charge is 2.20. The molecule has 3 aromatic carbocycles. The van der Waals surface area contributed by atoms with Gasteiger partial charge in [0.2, 0.25) is 0 Å². The number of carboxylic acid groups (broad SMARTS) is 1. The lowest BCUT2D eigenvalue weighted by Crippen LogP contribution is -2.14. The maximum absolute atomic E-state index is 11.7. The minimum Gasteiger partial charge on any atom is -0.493 e. The summed E-state index contributed by atoms with van der Waals surface area (Å²) in [6, 6.07) is 24.2. The van der Waals surface area contributed by atoms with Crippen LogP contribution in [0.25, 0.3) is 0 Å². The van der Waals surface area contributed by atoms with Gasteiger partial charge in [0.05, 0.1) is 13.0 Å². The van der Waals surface area contributed by atoms with Crippen LogP contribution in [0.3, 0.4) is 0 Å². The first-order valence-corrected chi connectivity index (χ1v) is 9.42. The van der Waals surface area contributed by atoms with Gasteiger partial charge in [-0.15, -0.1) is 0 Å². The zero-order valence-corrected chi connectivity index (χ0v) is 16.3. The topological polar surface area (TPSA) is 65.0 Å². The third-order valence-electron chi connectivity index (χ3n) is 4.52. The van der Waals surface area contributed by atoms with Crippen LogP contribution in [0.4, 0.5) is 0 Å². The van der Waals surface area contributed by atoms with Crippen molar-refractivity contribution >= 4 is 5.97 Å². The van der Waals surface area contributed by atoms with Gasteiger partial charge in [-0.2, -0.15) is 0 Å². The van der Waals surface area contributed by atoms with Crippen LogP contribution in [-0.2, 0) is 11.2 Å². The Bertz CT molecular complexity index is 923. The molecule has 1 unspecified atom stereocenters. The molecule has 0 spiro atoms. The van der Waals surface area contributed by atoms with Crippen molar-refractivity contribution in [3.05, 3.63) is 90.0 Å². The quantitative estimate of drug-likeness (QED) is 0.512. The molecule has 1 atom stereocenters. The molecule has 0 amide bonds. The Balaban J connectivity index is 1.57. The Hall–Kier alpha value is -3.47. The molecule has 0 aliphatic heterocycles. The summed E-state index contributed by atoms with van der Waals surface area (Å²) in [5.74, 6) is 0.589. The van der Waals surface area contributed by atoms with Crippen LogP contribution in [0, 0.1) is 0 Å². The second-order valence-corrected chi connectivity index (χ2v) is 6.50. The maximum atomic E-state index is 11.7. The molecule has 0 fully saturated rings. The number of hydrogen-bond acceptors (Lipinski definition) is 4. The first kappa shape index (κ1) is 20.3. The normalized spacial score (nSPS) is 11.5. The third kappa shape index (κ3) is 5.75. The lowest BCUT2D eigenvalue weighted by molar-refractivity contribution is -0.138. The monoisotopic (exact) mass is 392 g/mol.